The van der Waals surface area contributed by atoms with E-state index in [0.717, 1.165) is 56.1 Å². The Hall–Kier alpha value is -2.96. The summed E-state index contributed by atoms with van der Waals surface area (Å²) in [6.07, 6.45) is 7.44. The molecule has 0 heterocycles. The highest BCUT2D eigenvalue weighted by Gasteiger charge is 2.71. The predicted octanol–water partition coefficient (Wildman–Crippen LogP) is 9.04. The molecule has 5 aliphatic carbocycles. The number of nitrogens with zero attached hydrogens (tertiary/aromatic N) is 1. The van der Waals surface area contributed by atoms with Gasteiger partial charge in [-0.1, -0.05) is 78.8 Å². The molecule has 0 unspecified atom stereocenters. The quantitative estimate of drug-likeness (QED) is 0.272. The molecule has 1 aromatic rings. The maximum atomic E-state index is 14.8. The first kappa shape index (κ1) is 37.8. The van der Waals surface area contributed by atoms with Crippen molar-refractivity contribution in [1.29, 1.82) is 0 Å². The van der Waals surface area contributed by atoms with Crippen LogP contribution in [0.5, 0.6) is 0 Å². The second-order valence-corrected chi connectivity index (χ2v) is 19.6. The maximum Gasteiger partial charge on any atom is 0.309 e. The van der Waals surface area contributed by atoms with Gasteiger partial charge in [-0.25, -0.2) is 0 Å². The molecule has 0 spiro atoms. The van der Waals surface area contributed by atoms with Crippen LogP contribution < -0.4 is 0 Å². The van der Waals surface area contributed by atoms with E-state index in [4.69, 9.17) is 4.74 Å². The van der Waals surface area contributed by atoms with Crippen molar-refractivity contribution in [3.8, 4) is 0 Å². The molecule has 0 radical (unpaired) electrons. The molecular formula is C44H63NO6. The van der Waals surface area contributed by atoms with E-state index in [9.17, 15) is 24.3 Å². The van der Waals surface area contributed by atoms with Gasteiger partial charge in [0.15, 0.2) is 5.78 Å². The predicted molar refractivity (Wildman–Crippen MR) is 198 cm³/mol. The van der Waals surface area contributed by atoms with Crippen LogP contribution in [0.4, 0.5) is 0 Å². The standard InChI is InChI=1S/C44H63NO6/c1-27(2)35-30(46)24-44(37(48)45(10)26-28-14-12-11-13-15-28)23-22-42(8)29(36(35)44)16-17-32-41(7)20-19-33(51-34(47)25-39(3,4)38(49)50)40(5,6)31(41)18-21-43(32,42)9/h11-15,27,29,31-33H,16-26H2,1-10H3,(H,49,50)/t29-,31+,32-,33+,41+,42-,43-,44-/m1/s1. The number of fused-ring (bicyclic) bond motifs is 7. The van der Waals surface area contributed by atoms with Crippen LogP contribution in [0.15, 0.2) is 41.5 Å². The van der Waals surface area contributed by atoms with E-state index >= 15 is 0 Å². The van der Waals surface area contributed by atoms with Gasteiger partial charge in [-0.3, -0.25) is 19.2 Å². The zero-order chi connectivity index (χ0) is 37.5. The van der Waals surface area contributed by atoms with E-state index in [1.807, 2.05) is 30.1 Å². The number of rotatable bonds is 8. The Bertz CT molecular complexity index is 1620. The Balaban J connectivity index is 1.30. The fraction of sp³-hybridized carbons (Fsp3) is 0.727. The molecule has 1 amide bonds. The van der Waals surface area contributed by atoms with E-state index in [2.05, 4.69) is 60.6 Å². The Kier molecular flexibility index (Phi) is 9.32. The van der Waals surface area contributed by atoms with Gasteiger partial charge in [-0.15, -0.1) is 0 Å². The number of amides is 1. The van der Waals surface area contributed by atoms with Crippen LogP contribution in [-0.2, 0) is 30.5 Å². The summed E-state index contributed by atoms with van der Waals surface area (Å²) in [7, 11) is 1.91. The van der Waals surface area contributed by atoms with E-state index < -0.39 is 22.8 Å². The smallest absolute Gasteiger partial charge is 0.309 e. The molecule has 0 aromatic heterocycles. The number of Topliss-reactive ketones (excluding diaryl/α,β-unsaturated/α-hetero) is 1. The third-order valence-electron chi connectivity index (χ3n) is 15.8. The summed E-state index contributed by atoms with van der Waals surface area (Å²) in [4.78, 5) is 55.5. The van der Waals surface area contributed by atoms with E-state index in [-0.39, 0.29) is 57.7 Å². The van der Waals surface area contributed by atoms with Crippen LogP contribution in [0.1, 0.15) is 132 Å². The van der Waals surface area contributed by atoms with Crippen molar-refractivity contribution in [2.75, 3.05) is 7.05 Å². The van der Waals surface area contributed by atoms with Crippen molar-refractivity contribution < 1.29 is 29.0 Å². The third kappa shape index (κ3) is 5.64. The van der Waals surface area contributed by atoms with Crippen LogP contribution in [0.2, 0.25) is 0 Å². The van der Waals surface area contributed by atoms with Crippen LogP contribution in [0.3, 0.4) is 0 Å². The topological polar surface area (TPSA) is 101 Å². The van der Waals surface area contributed by atoms with E-state index in [1.54, 1.807) is 13.8 Å². The molecule has 0 aliphatic heterocycles. The highest BCUT2D eigenvalue weighted by molar-refractivity contribution is 6.06. The highest BCUT2D eigenvalue weighted by atomic mass is 16.5. The fourth-order valence-electron chi connectivity index (χ4n) is 13.0. The summed E-state index contributed by atoms with van der Waals surface area (Å²) in [6, 6.07) is 10.1. The minimum atomic E-state index is -1.17. The number of carboxylic acid groups (broad SMARTS) is 1. The molecule has 51 heavy (non-hydrogen) atoms. The first-order chi connectivity index (χ1) is 23.7. The second kappa shape index (κ2) is 12.6. The molecular weight excluding hydrogens is 638 g/mol. The molecule has 1 aromatic carbocycles. The molecule has 7 heteroatoms. The first-order valence-corrected chi connectivity index (χ1v) is 19.7. The summed E-state index contributed by atoms with van der Waals surface area (Å²) < 4.78 is 6.16. The SMILES string of the molecule is CC(C)C1=C2[C@H]3CC[C@@H]4[C@@]5(C)CC[C@H](OC(=O)CC(C)(C)C(=O)O)C(C)(C)[C@@H]5CC[C@@]4(C)[C@]3(C)CC[C@@]2(C(=O)N(C)Cc2ccccc2)CC1=O. The lowest BCUT2D eigenvalue weighted by Gasteiger charge is -2.72. The van der Waals surface area contributed by atoms with Gasteiger partial charge in [-0.05, 0) is 122 Å². The van der Waals surface area contributed by atoms with Crippen molar-refractivity contribution in [1.82, 2.24) is 4.90 Å². The van der Waals surface area contributed by atoms with E-state index in [1.165, 1.54) is 5.57 Å². The van der Waals surface area contributed by atoms with Gasteiger partial charge in [0.2, 0.25) is 5.91 Å². The van der Waals surface area contributed by atoms with Crippen molar-refractivity contribution in [3.05, 3.63) is 47.0 Å². The van der Waals surface area contributed by atoms with Crippen molar-refractivity contribution in [3.63, 3.8) is 0 Å². The number of hydrogen-bond donors (Lipinski definition) is 1. The van der Waals surface area contributed by atoms with Gasteiger partial charge in [0.05, 0.1) is 17.3 Å². The summed E-state index contributed by atoms with van der Waals surface area (Å²) in [6.45, 7) is 20.0. The van der Waals surface area contributed by atoms with Crippen LogP contribution >= 0.6 is 0 Å². The lowest BCUT2D eigenvalue weighted by Crippen LogP contribution is -2.66. The number of ketones is 1. The van der Waals surface area contributed by atoms with Crippen molar-refractivity contribution in [2.24, 2.45) is 56.2 Å². The Morgan fingerprint density at radius 1 is 0.902 bits per heavy atom. The summed E-state index contributed by atoms with van der Waals surface area (Å²) in [5.74, 6) is -0.0458. The number of carboxylic acids is 1. The molecule has 5 aliphatic rings. The monoisotopic (exact) mass is 701 g/mol. The molecule has 4 saturated carbocycles. The number of allylic oxidation sites excluding steroid dienone is 1. The van der Waals surface area contributed by atoms with E-state index in [0.29, 0.717) is 31.2 Å². The number of aliphatic carboxylic acids is 1. The zero-order valence-electron chi connectivity index (χ0n) is 33.0. The van der Waals surface area contributed by atoms with Gasteiger partial charge in [0.1, 0.15) is 6.10 Å². The van der Waals surface area contributed by atoms with Crippen LogP contribution in [0.25, 0.3) is 0 Å². The molecule has 4 fully saturated rings. The minimum absolute atomic E-state index is 0.0259. The number of benzene rings is 1. The van der Waals surface area contributed by atoms with Gasteiger partial charge < -0.3 is 14.7 Å². The lowest BCUT2D eigenvalue weighted by molar-refractivity contribution is -0.233. The molecule has 6 rings (SSSR count). The maximum absolute atomic E-state index is 14.8. The lowest BCUT2D eigenvalue weighted by atomic mass is 9.33. The normalized spacial score (nSPS) is 37.2. The molecule has 280 valence electrons. The zero-order valence-corrected chi connectivity index (χ0v) is 33.0. The van der Waals surface area contributed by atoms with Crippen molar-refractivity contribution >= 4 is 23.6 Å². The number of hydrogen-bond acceptors (Lipinski definition) is 5. The van der Waals surface area contributed by atoms with Crippen molar-refractivity contribution in [2.45, 2.75) is 139 Å². The Morgan fingerprint density at radius 2 is 1.57 bits per heavy atom. The summed E-state index contributed by atoms with van der Waals surface area (Å²) in [5.41, 5.74) is 1.07. The fourth-order valence-corrected chi connectivity index (χ4v) is 13.0. The average Bonchev–Trinajstić information content (AvgIpc) is 3.35. The van der Waals surface area contributed by atoms with Gasteiger partial charge >= 0.3 is 11.9 Å². The Morgan fingerprint density at radius 3 is 2.20 bits per heavy atom. The highest BCUT2D eigenvalue weighted by Crippen LogP contribution is 2.77. The molecule has 8 atom stereocenters. The second-order valence-electron chi connectivity index (χ2n) is 19.6. The van der Waals surface area contributed by atoms with Gasteiger partial charge in [0.25, 0.3) is 0 Å². The Labute approximate surface area is 306 Å². The summed E-state index contributed by atoms with van der Waals surface area (Å²) >= 11 is 0. The van der Waals surface area contributed by atoms with Crippen LogP contribution in [0, 0.1) is 56.2 Å². The molecule has 0 bridgehead atoms. The molecule has 0 saturated heterocycles. The third-order valence-corrected chi connectivity index (χ3v) is 15.8. The van der Waals surface area contributed by atoms with Gasteiger partial charge in [-0.2, -0.15) is 0 Å². The number of ether oxygens (including phenoxy) is 1. The summed E-state index contributed by atoms with van der Waals surface area (Å²) in [5, 5.41) is 9.60. The first-order valence-electron chi connectivity index (χ1n) is 19.7. The number of carbonyl (C=O) groups is 4. The molecule has 7 nitrogen and oxygen atoms in total. The van der Waals surface area contributed by atoms with Crippen LogP contribution in [-0.4, -0.2) is 46.8 Å². The largest absolute Gasteiger partial charge is 0.481 e. The molecule has 1 N–H and O–H groups in total. The number of esters is 1. The minimum Gasteiger partial charge on any atom is -0.481 e. The average molecular weight is 702 g/mol. The van der Waals surface area contributed by atoms with Gasteiger partial charge in [0, 0.05) is 25.4 Å². The number of carbonyl (C=O) groups excluding carboxylic acids is 3.